The van der Waals surface area contributed by atoms with Crippen molar-refractivity contribution in [2.45, 2.75) is 65.5 Å². The second kappa shape index (κ2) is 19.3. The van der Waals surface area contributed by atoms with Crippen molar-refractivity contribution in [2.75, 3.05) is 6.50 Å². The van der Waals surface area contributed by atoms with Crippen molar-refractivity contribution in [3.63, 3.8) is 0 Å². The van der Waals surface area contributed by atoms with Crippen molar-refractivity contribution >= 4 is 11.9 Å². The van der Waals surface area contributed by atoms with Crippen molar-refractivity contribution in [3.8, 4) is 6.07 Å². The molecule has 0 aliphatic heterocycles. The third-order valence-corrected chi connectivity index (χ3v) is 2.27. The van der Waals surface area contributed by atoms with Crippen LogP contribution in [0.4, 0.5) is 0 Å². The van der Waals surface area contributed by atoms with Crippen LogP contribution in [0.25, 0.3) is 0 Å². The monoisotopic (exact) mass is 326 g/mol. The van der Waals surface area contributed by atoms with Crippen molar-refractivity contribution in [1.82, 2.24) is 0 Å². The molecule has 0 saturated carbocycles. The van der Waals surface area contributed by atoms with Crippen LogP contribution < -0.4 is 17.2 Å². The number of hydrogen-bond donors (Lipinski definition) is 5. The zero-order valence-electron chi connectivity index (χ0n) is 15.3. The first-order chi connectivity index (χ1) is 11.0. The minimum atomic E-state index is -1.72. The van der Waals surface area contributed by atoms with Crippen LogP contribution in [0.2, 0.25) is 0 Å². The molecule has 0 aromatic carbocycles. The highest BCUT2D eigenvalue weighted by Gasteiger charge is 2.09. The van der Waals surface area contributed by atoms with Crippen LogP contribution in [0.5, 0.6) is 0 Å². The van der Waals surface area contributed by atoms with Gasteiger partial charge in [0, 0.05) is 12.1 Å². The van der Waals surface area contributed by atoms with E-state index in [2.05, 4.69) is 0 Å². The molecule has 0 aliphatic carbocycles. The van der Waals surface area contributed by atoms with Crippen LogP contribution in [0.1, 0.15) is 59.1 Å². The Morgan fingerprint density at radius 3 is 1.86 bits per heavy atom. The van der Waals surface area contributed by atoms with Gasteiger partial charge in [-0.1, -0.05) is 21.3 Å². The lowest BCUT2D eigenvalue weighted by molar-refractivity contribution is -0.139. The molecule has 0 radical (unpaired) electrons. The third-order valence-electron chi connectivity index (χ3n) is 2.27. The summed E-state index contributed by atoms with van der Waals surface area (Å²) in [6.07, 6.45) is 2.09. The van der Waals surface area contributed by atoms with Gasteiger partial charge in [0.05, 0.1) is 6.07 Å². The van der Waals surface area contributed by atoms with Gasteiger partial charge < -0.3 is 27.4 Å². The lowest BCUT2D eigenvalue weighted by atomic mass is 10.1. The molecular formula is C14H34N4O4. The maximum Gasteiger partial charge on any atom is 0.320 e. The average molecular weight is 326 g/mol. The van der Waals surface area contributed by atoms with E-state index < -0.39 is 30.5 Å². The number of nitrogens with zero attached hydrogens (tertiary/aromatic N) is 1. The summed E-state index contributed by atoms with van der Waals surface area (Å²) in [5, 5.41) is 24.7. The van der Waals surface area contributed by atoms with Crippen molar-refractivity contribution in [2.24, 2.45) is 17.2 Å². The van der Waals surface area contributed by atoms with Gasteiger partial charge in [-0.25, -0.2) is 0 Å². The maximum atomic E-state index is 10.2. The lowest BCUT2D eigenvalue weighted by Gasteiger charge is -2.03. The van der Waals surface area contributed by atoms with Crippen LogP contribution >= 0.6 is 0 Å². The lowest BCUT2D eigenvalue weighted by Crippen LogP contribution is -2.29. The molecule has 8 nitrogen and oxygen atoms in total. The Morgan fingerprint density at radius 2 is 1.55 bits per heavy atom. The van der Waals surface area contributed by atoms with E-state index in [1.807, 2.05) is 6.07 Å². The Morgan fingerprint density at radius 1 is 1.14 bits per heavy atom. The summed E-state index contributed by atoms with van der Waals surface area (Å²) < 4.78 is 23.9. The largest absolute Gasteiger partial charge is 0.480 e. The minimum absolute atomic E-state index is 0. The molecule has 0 fully saturated rings. The molecule has 0 amide bonds. The second-order valence-corrected chi connectivity index (χ2v) is 4.04. The van der Waals surface area contributed by atoms with Crippen LogP contribution in [-0.2, 0) is 9.59 Å². The summed E-state index contributed by atoms with van der Waals surface area (Å²) in [7, 11) is 0. The van der Waals surface area contributed by atoms with E-state index in [9.17, 15) is 9.59 Å². The van der Waals surface area contributed by atoms with Crippen LogP contribution in [-0.4, -0.2) is 40.7 Å². The number of nitriles is 1. The van der Waals surface area contributed by atoms with E-state index in [-0.39, 0.29) is 27.7 Å². The molecule has 0 spiro atoms. The van der Waals surface area contributed by atoms with Gasteiger partial charge in [0.15, 0.2) is 0 Å². The highest BCUT2D eigenvalue weighted by molar-refractivity contribution is 5.73. The molecule has 0 rings (SSSR count). The highest BCUT2D eigenvalue weighted by atomic mass is 16.4. The summed E-state index contributed by atoms with van der Waals surface area (Å²) in [4.78, 5) is 20.3. The van der Waals surface area contributed by atoms with Crippen molar-refractivity contribution in [3.05, 3.63) is 0 Å². The molecule has 0 bridgehead atoms. The van der Waals surface area contributed by atoms with Crippen LogP contribution in [0.3, 0.4) is 0 Å². The molecule has 0 heterocycles. The second-order valence-electron chi connectivity index (χ2n) is 4.04. The molecule has 134 valence electrons. The summed E-state index contributed by atoms with van der Waals surface area (Å²) in [6.45, 7) is -1.72. The zero-order valence-corrected chi connectivity index (χ0v) is 11.3. The van der Waals surface area contributed by atoms with Gasteiger partial charge in [-0.3, -0.25) is 9.59 Å². The van der Waals surface area contributed by atoms with E-state index in [0.717, 1.165) is 0 Å². The van der Waals surface area contributed by atoms with Crippen LogP contribution in [0, 0.1) is 11.3 Å². The zero-order chi connectivity index (χ0) is 19.8. The molecule has 8 N–H and O–H groups in total. The van der Waals surface area contributed by atoms with Gasteiger partial charge in [-0.2, -0.15) is 5.26 Å². The molecule has 2 atom stereocenters. The summed E-state index contributed by atoms with van der Waals surface area (Å²) in [5.74, 6) is -2.06. The molecule has 0 saturated heterocycles. The molecular weight excluding hydrogens is 288 g/mol. The Labute approximate surface area is 139 Å². The van der Waals surface area contributed by atoms with E-state index in [4.69, 9.17) is 38.4 Å². The van der Waals surface area contributed by atoms with Crippen molar-refractivity contribution in [1.29, 1.82) is 5.26 Å². The summed E-state index contributed by atoms with van der Waals surface area (Å²) in [5.41, 5.74) is 15.4. The van der Waals surface area contributed by atoms with E-state index in [0.29, 0.717) is 25.7 Å². The third kappa shape index (κ3) is 20.6. The van der Waals surface area contributed by atoms with Crippen molar-refractivity contribution < 1.29 is 25.5 Å². The number of unbranched alkanes of at least 4 members (excludes halogenated alkanes) is 1. The minimum Gasteiger partial charge on any atom is -0.480 e. The Kier molecular flexibility index (Phi) is 17.8. The molecule has 0 unspecified atom stereocenters. The van der Waals surface area contributed by atoms with Gasteiger partial charge in [0.2, 0.25) is 0 Å². The smallest absolute Gasteiger partial charge is 0.320 e. The van der Waals surface area contributed by atoms with Gasteiger partial charge in [-0.15, -0.1) is 0 Å². The Hall–Kier alpha value is -1.69. The van der Waals surface area contributed by atoms with E-state index in [1.54, 1.807) is 0 Å². The van der Waals surface area contributed by atoms with Gasteiger partial charge in [0.25, 0.3) is 0 Å². The predicted octanol–water partition coefficient (Wildman–Crippen LogP) is 1.14. The number of nitrogens with two attached hydrogens (primary N) is 3. The SMILES string of the molecule is C.C.N#CCCC[C@H](N)C(=O)O.[2H]C([2H])(N)CCC[C@H](N)C(=O)O.[2H][2H]. The molecule has 0 aliphatic rings. The average Bonchev–Trinajstić information content (AvgIpc) is 2.48. The fourth-order valence-electron chi connectivity index (χ4n) is 1.07. The van der Waals surface area contributed by atoms with Gasteiger partial charge in [0.1, 0.15) is 12.1 Å². The fourth-order valence-corrected chi connectivity index (χ4v) is 1.07. The number of rotatable bonds is 9. The first-order valence-corrected chi connectivity index (χ1v) is 6.14. The number of carboxylic acids is 2. The molecule has 0 aromatic rings. The van der Waals surface area contributed by atoms with Gasteiger partial charge in [-0.05, 0) is 32.2 Å². The fraction of sp³-hybridized carbons (Fsp3) is 0.786. The quantitative estimate of drug-likeness (QED) is 0.391. The Balaban J connectivity index is -0.0000000973. The number of hydrogen-bond acceptors (Lipinski definition) is 6. The highest BCUT2D eigenvalue weighted by Crippen LogP contribution is 1.97. The maximum absolute atomic E-state index is 10.2. The summed E-state index contributed by atoms with van der Waals surface area (Å²) in [6, 6.07) is 0.192. The molecule has 8 heteroatoms. The predicted molar refractivity (Wildman–Crippen MR) is 89.2 cm³/mol. The van der Waals surface area contributed by atoms with E-state index >= 15 is 0 Å². The van der Waals surface area contributed by atoms with Crippen LogP contribution in [0.15, 0.2) is 0 Å². The first kappa shape index (κ1) is 20.3. The number of carboxylic acid groups (broad SMARTS) is 2. The number of aliphatic carboxylic acids is 2. The topological polar surface area (TPSA) is 176 Å². The normalized spacial score (nSPS) is 13.7. The molecule has 22 heavy (non-hydrogen) atoms. The molecule has 0 aromatic heterocycles. The first-order valence-electron chi connectivity index (χ1n) is 8.14. The van der Waals surface area contributed by atoms with Gasteiger partial charge >= 0.3 is 11.9 Å². The van der Waals surface area contributed by atoms with E-state index in [1.165, 1.54) is 0 Å². The Bertz CT molecular complexity index is 390. The summed E-state index contributed by atoms with van der Waals surface area (Å²) >= 11 is 0. The number of carbonyl (C=O) groups is 2. The standard InChI is InChI=1S/C6H14N2O2.C6H10N2O2.2CH4.H2/c2*7-4-2-1-3-5(8)6(9)10;;;/h5H,1-4,7-8H2,(H,9,10);5H,1-3,8H2,(H,9,10);2*1H4;1H/t2*5-;;;/m00.../s1/i4D2;;;;1+1D.